The fourth-order valence-electron chi connectivity index (χ4n) is 1.28. The van der Waals surface area contributed by atoms with Gasteiger partial charge in [0.1, 0.15) is 0 Å². The lowest BCUT2D eigenvalue weighted by atomic mass is 10.2. The van der Waals surface area contributed by atoms with E-state index in [0.717, 1.165) is 0 Å². The van der Waals surface area contributed by atoms with Crippen molar-refractivity contribution in [1.82, 2.24) is 0 Å². The predicted octanol–water partition coefficient (Wildman–Crippen LogP) is 1.29. The molecule has 0 aromatic heterocycles. The van der Waals surface area contributed by atoms with Crippen LogP contribution in [0.15, 0.2) is 18.2 Å². The molecular weight excluding hydrogens is 234 g/mol. The van der Waals surface area contributed by atoms with E-state index in [9.17, 15) is 13.6 Å². The van der Waals surface area contributed by atoms with Crippen LogP contribution in [0.1, 0.15) is 6.92 Å². The van der Waals surface area contributed by atoms with Gasteiger partial charge >= 0.3 is 6.29 Å². The summed E-state index contributed by atoms with van der Waals surface area (Å²) in [5, 5.41) is 2.45. The van der Waals surface area contributed by atoms with Crippen LogP contribution in [0.3, 0.4) is 0 Å². The first kappa shape index (κ1) is 11.6. The average molecular weight is 244 g/mol. The Balaban J connectivity index is 2.17. The molecule has 0 spiro atoms. The van der Waals surface area contributed by atoms with E-state index in [0.29, 0.717) is 5.69 Å². The number of amides is 1. The molecule has 0 aliphatic carbocycles. The second-order valence-electron chi connectivity index (χ2n) is 3.61. The molecule has 7 heteroatoms. The van der Waals surface area contributed by atoms with Gasteiger partial charge < -0.3 is 20.5 Å². The maximum Gasteiger partial charge on any atom is 0.586 e. The Morgan fingerprint density at radius 3 is 2.71 bits per heavy atom. The first-order chi connectivity index (χ1) is 7.87. The lowest BCUT2D eigenvalue weighted by Gasteiger charge is -2.07. The number of ether oxygens (including phenoxy) is 2. The van der Waals surface area contributed by atoms with Gasteiger partial charge in [-0.05, 0) is 19.1 Å². The molecule has 1 heterocycles. The number of halogens is 2. The molecule has 1 aromatic rings. The van der Waals surface area contributed by atoms with Crippen molar-refractivity contribution in [2.45, 2.75) is 19.3 Å². The summed E-state index contributed by atoms with van der Waals surface area (Å²) in [4.78, 5) is 11.3. The highest BCUT2D eigenvalue weighted by molar-refractivity contribution is 5.94. The SMILES string of the molecule is CC(N)C(=O)Nc1ccc2c(c1)OC(F)(F)O2. The maximum atomic E-state index is 12.7. The number of carbonyl (C=O) groups is 1. The van der Waals surface area contributed by atoms with Crippen LogP contribution in [0.25, 0.3) is 0 Å². The zero-order chi connectivity index (χ0) is 12.6. The van der Waals surface area contributed by atoms with Crippen LogP contribution in [0, 0.1) is 0 Å². The van der Waals surface area contributed by atoms with Crippen molar-refractivity contribution in [1.29, 1.82) is 0 Å². The summed E-state index contributed by atoms with van der Waals surface area (Å²) in [6.07, 6.45) is -3.66. The lowest BCUT2D eigenvalue weighted by Crippen LogP contribution is -2.32. The molecule has 0 saturated heterocycles. The molecule has 1 aliphatic heterocycles. The first-order valence-electron chi connectivity index (χ1n) is 4.84. The van der Waals surface area contributed by atoms with E-state index in [1.165, 1.54) is 25.1 Å². The smallest absolute Gasteiger partial charge is 0.395 e. The Labute approximate surface area is 95.5 Å². The van der Waals surface area contributed by atoms with E-state index in [-0.39, 0.29) is 11.5 Å². The molecular formula is C10H10F2N2O3. The maximum absolute atomic E-state index is 12.7. The number of nitrogens with one attached hydrogen (secondary N) is 1. The monoisotopic (exact) mass is 244 g/mol. The van der Waals surface area contributed by atoms with Gasteiger partial charge in [-0.2, -0.15) is 0 Å². The Morgan fingerprint density at radius 2 is 2.06 bits per heavy atom. The second kappa shape index (κ2) is 3.85. The first-order valence-corrected chi connectivity index (χ1v) is 4.84. The largest absolute Gasteiger partial charge is 0.586 e. The van der Waals surface area contributed by atoms with Gasteiger partial charge in [-0.3, -0.25) is 4.79 Å². The topological polar surface area (TPSA) is 73.6 Å². The summed E-state index contributed by atoms with van der Waals surface area (Å²) in [7, 11) is 0. The van der Waals surface area contributed by atoms with Crippen molar-refractivity contribution < 1.29 is 23.0 Å². The Hall–Kier alpha value is -1.89. The van der Waals surface area contributed by atoms with Crippen molar-refractivity contribution in [2.24, 2.45) is 5.73 Å². The van der Waals surface area contributed by atoms with Crippen molar-refractivity contribution in [3.05, 3.63) is 18.2 Å². The van der Waals surface area contributed by atoms with Crippen LogP contribution in [0.4, 0.5) is 14.5 Å². The van der Waals surface area contributed by atoms with E-state index >= 15 is 0 Å². The van der Waals surface area contributed by atoms with Crippen LogP contribution < -0.4 is 20.5 Å². The minimum atomic E-state index is -3.66. The van der Waals surface area contributed by atoms with Gasteiger partial charge in [0.25, 0.3) is 0 Å². The molecule has 0 saturated carbocycles. The summed E-state index contributed by atoms with van der Waals surface area (Å²) in [5.41, 5.74) is 5.66. The van der Waals surface area contributed by atoms with E-state index in [2.05, 4.69) is 14.8 Å². The number of hydrogen-bond donors (Lipinski definition) is 2. The quantitative estimate of drug-likeness (QED) is 0.822. The summed E-state index contributed by atoms with van der Waals surface area (Å²) >= 11 is 0. The van der Waals surface area contributed by atoms with Crippen LogP contribution in [0.5, 0.6) is 11.5 Å². The zero-order valence-electron chi connectivity index (χ0n) is 8.87. The number of alkyl halides is 2. The Bertz CT molecular complexity index is 463. The molecule has 17 heavy (non-hydrogen) atoms. The van der Waals surface area contributed by atoms with Gasteiger partial charge in [-0.15, -0.1) is 8.78 Å². The number of hydrogen-bond acceptors (Lipinski definition) is 4. The van der Waals surface area contributed by atoms with Crippen LogP contribution >= 0.6 is 0 Å². The molecule has 92 valence electrons. The van der Waals surface area contributed by atoms with Gasteiger partial charge in [0.05, 0.1) is 6.04 Å². The van der Waals surface area contributed by atoms with Crippen LogP contribution in [-0.2, 0) is 4.79 Å². The molecule has 1 atom stereocenters. The highest BCUT2D eigenvalue weighted by Gasteiger charge is 2.43. The Kier molecular flexibility index (Phi) is 2.62. The summed E-state index contributed by atoms with van der Waals surface area (Å²) in [6.45, 7) is 1.51. The number of nitrogens with two attached hydrogens (primary N) is 1. The minimum absolute atomic E-state index is 0.0752. The van der Waals surface area contributed by atoms with Crippen LogP contribution in [-0.4, -0.2) is 18.2 Å². The third-order valence-electron chi connectivity index (χ3n) is 2.08. The molecule has 1 unspecified atom stereocenters. The molecule has 0 bridgehead atoms. The molecule has 1 amide bonds. The normalized spacial score (nSPS) is 17.6. The van der Waals surface area contributed by atoms with E-state index in [1.54, 1.807) is 0 Å². The third kappa shape index (κ3) is 2.44. The molecule has 5 nitrogen and oxygen atoms in total. The average Bonchev–Trinajstić information content (AvgIpc) is 2.50. The minimum Gasteiger partial charge on any atom is -0.395 e. The van der Waals surface area contributed by atoms with E-state index in [4.69, 9.17) is 5.73 Å². The standard InChI is InChI=1S/C10H10F2N2O3/c1-5(13)9(15)14-6-2-3-7-8(4-6)17-10(11,12)16-7/h2-5H,13H2,1H3,(H,14,15). The van der Waals surface area contributed by atoms with Crippen molar-refractivity contribution in [3.8, 4) is 11.5 Å². The van der Waals surface area contributed by atoms with Crippen molar-refractivity contribution in [3.63, 3.8) is 0 Å². The number of rotatable bonds is 2. The van der Waals surface area contributed by atoms with Gasteiger partial charge in [0.15, 0.2) is 11.5 Å². The predicted molar refractivity (Wildman–Crippen MR) is 54.9 cm³/mol. The molecule has 1 aromatic carbocycles. The number of anilines is 1. The summed E-state index contributed by atoms with van der Waals surface area (Å²) in [6, 6.07) is 3.26. The highest BCUT2D eigenvalue weighted by atomic mass is 19.3. The van der Waals surface area contributed by atoms with Gasteiger partial charge in [-0.25, -0.2) is 0 Å². The van der Waals surface area contributed by atoms with E-state index in [1.807, 2.05) is 0 Å². The lowest BCUT2D eigenvalue weighted by molar-refractivity contribution is -0.286. The fraction of sp³-hybridized carbons (Fsp3) is 0.300. The Morgan fingerprint density at radius 1 is 1.41 bits per heavy atom. The molecule has 0 radical (unpaired) electrons. The highest BCUT2D eigenvalue weighted by Crippen LogP contribution is 2.42. The van der Waals surface area contributed by atoms with Gasteiger partial charge in [0, 0.05) is 11.8 Å². The van der Waals surface area contributed by atoms with Gasteiger partial charge in [0.2, 0.25) is 5.91 Å². The number of fused-ring (bicyclic) bond motifs is 1. The summed E-state index contributed by atoms with van der Waals surface area (Å²) < 4.78 is 33.9. The zero-order valence-corrected chi connectivity index (χ0v) is 8.87. The van der Waals surface area contributed by atoms with Crippen LogP contribution in [0.2, 0.25) is 0 Å². The summed E-state index contributed by atoms with van der Waals surface area (Å²) in [5.74, 6) is -0.623. The number of benzene rings is 1. The molecule has 2 rings (SSSR count). The second-order valence-corrected chi connectivity index (χ2v) is 3.61. The van der Waals surface area contributed by atoms with E-state index < -0.39 is 18.2 Å². The van der Waals surface area contributed by atoms with Crippen molar-refractivity contribution >= 4 is 11.6 Å². The molecule has 3 N–H and O–H groups in total. The number of carbonyl (C=O) groups excluding carboxylic acids is 1. The van der Waals surface area contributed by atoms with Gasteiger partial charge in [-0.1, -0.05) is 0 Å². The fourth-order valence-corrected chi connectivity index (χ4v) is 1.28. The third-order valence-corrected chi connectivity index (χ3v) is 2.08. The molecule has 1 aliphatic rings. The molecule has 0 fully saturated rings. The van der Waals surface area contributed by atoms with Crippen molar-refractivity contribution in [2.75, 3.05) is 5.32 Å².